The van der Waals surface area contributed by atoms with Gasteiger partial charge in [-0.05, 0) is 70.6 Å². The standard InChI is InChI=1S/C53H100NO8P/c1-3-5-7-9-11-13-15-17-19-21-23-24-25-26-28-29-31-33-35-37-39-41-43-45-52(56)54-47-48-61-63(58,59)62-50-51(55)49-60-53(57)46-44-42-40-38-36-34-32-30-27-22-20-18-16-14-12-10-8-6-4-2/h12,14,17-20,51,55H,3-11,13,15-16,21-50H2,1-2H3,(H,54,56)(H,58,59)/b14-12-,19-17+,20-18-. The molecule has 0 saturated carbocycles. The van der Waals surface area contributed by atoms with Crippen molar-refractivity contribution in [2.45, 2.75) is 264 Å². The van der Waals surface area contributed by atoms with E-state index in [9.17, 15) is 24.2 Å². The van der Waals surface area contributed by atoms with Crippen molar-refractivity contribution in [2.75, 3.05) is 26.4 Å². The molecule has 0 aliphatic heterocycles. The third kappa shape index (κ3) is 51.1. The molecule has 0 aromatic carbocycles. The lowest BCUT2D eigenvalue weighted by Crippen LogP contribution is -2.27. The second-order valence-electron chi connectivity index (χ2n) is 17.8. The number of amides is 1. The molecule has 0 saturated heterocycles. The van der Waals surface area contributed by atoms with Gasteiger partial charge in [-0.1, -0.05) is 211 Å². The summed E-state index contributed by atoms with van der Waals surface area (Å²) in [6, 6.07) is 0. The number of rotatable bonds is 50. The number of aliphatic hydroxyl groups excluding tert-OH is 1. The van der Waals surface area contributed by atoms with Gasteiger partial charge in [0.25, 0.3) is 0 Å². The molecule has 0 spiro atoms. The number of phosphoric acid groups is 1. The lowest BCUT2D eigenvalue weighted by atomic mass is 10.0. The molecule has 0 heterocycles. The Hall–Kier alpha value is -1.77. The SMILES string of the molecule is CCCCC/C=C\C/C=C\CCCCCCCCCCCC(=O)OCC(O)COP(=O)(O)OCCNC(=O)CCCCCCCCCCCCCCC/C=C/CCCCCCCC. The minimum atomic E-state index is -4.42. The highest BCUT2D eigenvalue weighted by molar-refractivity contribution is 7.47. The average molecular weight is 910 g/mol. The van der Waals surface area contributed by atoms with E-state index in [1.54, 1.807) is 0 Å². The molecule has 0 aliphatic carbocycles. The first-order valence-electron chi connectivity index (χ1n) is 26.5. The molecule has 2 atom stereocenters. The number of phosphoric ester groups is 1. The van der Waals surface area contributed by atoms with E-state index in [2.05, 4.69) is 55.6 Å². The molecule has 0 fully saturated rings. The molecule has 0 bridgehead atoms. The van der Waals surface area contributed by atoms with Crippen LogP contribution >= 0.6 is 7.82 Å². The smallest absolute Gasteiger partial charge is 0.463 e. The monoisotopic (exact) mass is 910 g/mol. The molecule has 0 aliphatic rings. The highest BCUT2D eigenvalue weighted by atomic mass is 31.2. The van der Waals surface area contributed by atoms with Crippen LogP contribution in [0.4, 0.5) is 0 Å². The zero-order chi connectivity index (χ0) is 46.0. The van der Waals surface area contributed by atoms with Crippen LogP contribution in [0.3, 0.4) is 0 Å². The molecular weight excluding hydrogens is 810 g/mol. The van der Waals surface area contributed by atoms with Crippen molar-refractivity contribution in [1.29, 1.82) is 0 Å². The first kappa shape index (κ1) is 61.2. The number of ether oxygens (including phenoxy) is 1. The van der Waals surface area contributed by atoms with Crippen molar-refractivity contribution < 1.29 is 37.9 Å². The summed E-state index contributed by atoms with van der Waals surface area (Å²) in [6.45, 7) is 3.56. The Morgan fingerprint density at radius 2 is 0.857 bits per heavy atom. The van der Waals surface area contributed by atoms with Gasteiger partial charge in [0.1, 0.15) is 12.7 Å². The van der Waals surface area contributed by atoms with Crippen molar-refractivity contribution >= 4 is 19.7 Å². The Morgan fingerprint density at radius 1 is 0.492 bits per heavy atom. The van der Waals surface area contributed by atoms with Gasteiger partial charge in [-0.25, -0.2) is 4.57 Å². The van der Waals surface area contributed by atoms with E-state index >= 15 is 0 Å². The summed E-state index contributed by atoms with van der Waals surface area (Å²) in [4.78, 5) is 34.1. The molecular formula is C53H100NO8P. The van der Waals surface area contributed by atoms with Crippen LogP contribution in [0.25, 0.3) is 0 Å². The van der Waals surface area contributed by atoms with Gasteiger partial charge in [-0.3, -0.25) is 18.6 Å². The Kier molecular flexibility index (Phi) is 48.3. The van der Waals surface area contributed by atoms with Gasteiger partial charge < -0.3 is 20.1 Å². The van der Waals surface area contributed by atoms with Gasteiger partial charge in [0.2, 0.25) is 5.91 Å². The van der Waals surface area contributed by atoms with E-state index in [1.807, 2.05) is 0 Å². The summed E-state index contributed by atoms with van der Waals surface area (Å²) in [5.41, 5.74) is 0. The minimum Gasteiger partial charge on any atom is -0.463 e. The maximum atomic E-state index is 12.2. The van der Waals surface area contributed by atoms with Crippen LogP contribution in [0.15, 0.2) is 36.5 Å². The second kappa shape index (κ2) is 49.7. The summed E-state index contributed by atoms with van der Waals surface area (Å²) < 4.78 is 27.0. The molecule has 2 unspecified atom stereocenters. The number of unbranched alkanes of at least 4 members (excludes halogenated alkanes) is 31. The van der Waals surface area contributed by atoms with E-state index in [1.165, 1.54) is 186 Å². The van der Waals surface area contributed by atoms with Crippen molar-refractivity contribution in [1.82, 2.24) is 5.32 Å². The Balaban J connectivity index is 3.53. The number of aliphatic hydroxyl groups is 1. The number of carbonyl (C=O) groups is 2. The Labute approximate surface area is 388 Å². The molecule has 10 heteroatoms. The third-order valence-corrected chi connectivity index (χ3v) is 12.5. The van der Waals surface area contributed by atoms with Crippen LogP contribution in [0.1, 0.15) is 258 Å². The fourth-order valence-electron chi connectivity index (χ4n) is 7.53. The molecule has 9 nitrogen and oxygen atoms in total. The first-order valence-corrected chi connectivity index (χ1v) is 28.0. The third-order valence-electron chi connectivity index (χ3n) is 11.5. The zero-order valence-electron chi connectivity index (χ0n) is 41.0. The largest absolute Gasteiger partial charge is 0.472 e. The van der Waals surface area contributed by atoms with Crippen molar-refractivity contribution in [3.63, 3.8) is 0 Å². The maximum Gasteiger partial charge on any atom is 0.472 e. The molecule has 63 heavy (non-hydrogen) atoms. The number of hydrogen-bond acceptors (Lipinski definition) is 7. The fraction of sp³-hybridized carbons (Fsp3) is 0.849. The molecule has 3 N–H and O–H groups in total. The quantitative estimate of drug-likeness (QED) is 0.0238. The van der Waals surface area contributed by atoms with Gasteiger partial charge in [-0.2, -0.15) is 0 Å². The number of allylic oxidation sites excluding steroid dienone is 6. The Morgan fingerprint density at radius 3 is 1.32 bits per heavy atom. The number of carbonyl (C=O) groups excluding carboxylic acids is 2. The number of esters is 1. The topological polar surface area (TPSA) is 131 Å². The first-order chi connectivity index (χ1) is 30.8. The summed E-state index contributed by atoms with van der Waals surface area (Å²) in [7, 11) is -4.42. The van der Waals surface area contributed by atoms with Crippen LogP contribution in [-0.4, -0.2) is 54.3 Å². The maximum absolute atomic E-state index is 12.2. The normalized spacial score (nSPS) is 13.4. The predicted octanol–water partition coefficient (Wildman–Crippen LogP) is 15.7. The summed E-state index contributed by atoms with van der Waals surface area (Å²) in [6.07, 6.45) is 58.0. The van der Waals surface area contributed by atoms with Gasteiger partial charge in [0, 0.05) is 19.4 Å². The predicted molar refractivity (Wildman–Crippen MR) is 266 cm³/mol. The van der Waals surface area contributed by atoms with E-state index in [-0.39, 0.29) is 32.1 Å². The fourth-order valence-corrected chi connectivity index (χ4v) is 8.28. The summed E-state index contributed by atoms with van der Waals surface area (Å²) in [5.74, 6) is -0.513. The van der Waals surface area contributed by atoms with Gasteiger partial charge in [-0.15, -0.1) is 0 Å². The number of hydrogen-bond donors (Lipinski definition) is 3. The minimum absolute atomic E-state index is 0.0829. The molecule has 0 rings (SSSR count). The average Bonchev–Trinajstić information content (AvgIpc) is 3.27. The van der Waals surface area contributed by atoms with Crippen molar-refractivity contribution in [3.8, 4) is 0 Å². The molecule has 0 aromatic heterocycles. The van der Waals surface area contributed by atoms with Crippen molar-refractivity contribution in [2.24, 2.45) is 0 Å². The van der Waals surface area contributed by atoms with Crippen molar-refractivity contribution in [3.05, 3.63) is 36.5 Å². The molecule has 0 radical (unpaired) electrons. The molecule has 1 amide bonds. The lowest BCUT2D eigenvalue weighted by molar-refractivity contribution is -0.147. The van der Waals surface area contributed by atoms with Crippen LogP contribution in [0.2, 0.25) is 0 Å². The van der Waals surface area contributed by atoms with Crippen LogP contribution in [0.5, 0.6) is 0 Å². The van der Waals surface area contributed by atoms with E-state index in [0.717, 1.165) is 44.9 Å². The second-order valence-corrected chi connectivity index (χ2v) is 19.3. The zero-order valence-corrected chi connectivity index (χ0v) is 41.9. The van der Waals surface area contributed by atoms with Crippen LogP contribution in [-0.2, 0) is 27.9 Å². The van der Waals surface area contributed by atoms with Gasteiger partial charge in [0.05, 0.1) is 13.2 Å². The van der Waals surface area contributed by atoms with Gasteiger partial charge in [0.15, 0.2) is 0 Å². The highest BCUT2D eigenvalue weighted by Gasteiger charge is 2.23. The van der Waals surface area contributed by atoms with Gasteiger partial charge >= 0.3 is 13.8 Å². The van der Waals surface area contributed by atoms with E-state index in [0.29, 0.717) is 6.42 Å². The summed E-state index contributed by atoms with van der Waals surface area (Å²) in [5, 5.41) is 12.8. The molecule has 370 valence electrons. The summed E-state index contributed by atoms with van der Waals surface area (Å²) >= 11 is 0. The molecule has 0 aromatic rings. The Bertz CT molecular complexity index is 1130. The highest BCUT2D eigenvalue weighted by Crippen LogP contribution is 2.42. The van der Waals surface area contributed by atoms with E-state index in [4.69, 9.17) is 13.8 Å². The van der Waals surface area contributed by atoms with E-state index < -0.39 is 26.5 Å². The lowest BCUT2D eigenvalue weighted by Gasteiger charge is -2.15. The van der Waals surface area contributed by atoms with Crippen LogP contribution in [0, 0.1) is 0 Å². The van der Waals surface area contributed by atoms with Crippen LogP contribution < -0.4 is 5.32 Å². The number of nitrogens with one attached hydrogen (secondary N) is 1.